The van der Waals surface area contributed by atoms with Crippen molar-refractivity contribution in [2.24, 2.45) is 5.92 Å². The van der Waals surface area contributed by atoms with Crippen LogP contribution in [0.5, 0.6) is 0 Å². The van der Waals surface area contributed by atoms with E-state index in [0.717, 1.165) is 19.3 Å². The second-order valence-electron chi connectivity index (χ2n) is 2.88. The minimum atomic E-state index is -0.658. The molecule has 0 aromatic rings. The zero-order chi connectivity index (χ0) is 8.43. The summed E-state index contributed by atoms with van der Waals surface area (Å²) >= 11 is 6.94. The van der Waals surface area contributed by atoms with Crippen LogP contribution in [0.3, 0.4) is 0 Å². The van der Waals surface area contributed by atoms with E-state index in [4.69, 9.17) is 5.11 Å². The first kappa shape index (κ1) is 12.7. The standard InChI is InChI=1S/C7H10Br2O2.ClH/c8-5-2-1-4(7(10)11)3-6(5)9;/h4-6H,1-3H2,(H,10,11);1H. The average molecular weight is 322 g/mol. The molecule has 0 spiro atoms. The van der Waals surface area contributed by atoms with Crippen molar-refractivity contribution in [2.75, 3.05) is 0 Å². The molecule has 0 aromatic heterocycles. The average Bonchev–Trinajstić information content (AvgIpc) is 1.94. The van der Waals surface area contributed by atoms with Crippen LogP contribution in [-0.4, -0.2) is 20.7 Å². The first-order valence-corrected chi connectivity index (χ1v) is 5.45. The normalized spacial score (nSPS) is 35.3. The van der Waals surface area contributed by atoms with Gasteiger partial charge in [-0.2, -0.15) is 0 Å². The molecule has 1 N–H and O–H groups in total. The van der Waals surface area contributed by atoms with Crippen LogP contribution in [0, 0.1) is 5.92 Å². The van der Waals surface area contributed by atoms with Gasteiger partial charge in [0.15, 0.2) is 0 Å². The minimum absolute atomic E-state index is 0. The van der Waals surface area contributed by atoms with Crippen molar-refractivity contribution in [2.45, 2.75) is 28.9 Å². The molecule has 1 aliphatic carbocycles. The van der Waals surface area contributed by atoms with Crippen LogP contribution in [0.2, 0.25) is 0 Å². The lowest BCUT2D eigenvalue weighted by Gasteiger charge is -2.26. The van der Waals surface area contributed by atoms with Crippen LogP contribution in [0.1, 0.15) is 19.3 Å². The SMILES string of the molecule is Cl.O=C(O)C1CCC(Br)C(Br)C1. The van der Waals surface area contributed by atoms with Gasteiger partial charge in [-0.1, -0.05) is 31.9 Å². The Labute approximate surface area is 94.8 Å². The third kappa shape index (κ3) is 3.23. The largest absolute Gasteiger partial charge is 0.481 e. The summed E-state index contributed by atoms with van der Waals surface area (Å²) in [5, 5.41) is 8.71. The summed E-state index contributed by atoms with van der Waals surface area (Å²) < 4.78 is 0. The molecule has 0 heterocycles. The maximum absolute atomic E-state index is 10.6. The van der Waals surface area contributed by atoms with E-state index >= 15 is 0 Å². The Morgan fingerprint density at radius 2 is 1.83 bits per heavy atom. The Hall–Kier alpha value is 0.720. The van der Waals surface area contributed by atoms with Crippen LogP contribution in [0.4, 0.5) is 0 Å². The summed E-state index contributed by atoms with van der Waals surface area (Å²) in [5.41, 5.74) is 0. The summed E-state index contributed by atoms with van der Waals surface area (Å²) in [6.07, 6.45) is 2.49. The number of carbonyl (C=O) groups is 1. The predicted octanol–water partition coefficient (Wildman–Crippen LogP) is 2.82. The van der Waals surface area contributed by atoms with Crippen molar-refractivity contribution in [3.63, 3.8) is 0 Å². The number of hydrogen-bond donors (Lipinski definition) is 1. The molecule has 0 saturated heterocycles. The molecule has 3 unspecified atom stereocenters. The summed E-state index contributed by atoms with van der Waals surface area (Å²) in [7, 11) is 0. The van der Waals surface area contributed by atoms with E-state index in [-0.39, 0.29) is 18.3 Å². The smallest absolute Gasteiger partial charge is 0.306 e. The highest BCUT2D eigenvalue weighted by atomic mass is 79.9. The van der Waals surface area contributed by atoms with Gasteiger partial charge in [-0.15, -0.1) is 12.4 Å². The molecule has 1 aliphatic rings. The lowest BCUT2D eigenvalue weighted by molar-refractivity contribution is -0.142. The molecule has 5 heteroatoms. The van der Waals surface area contributed by atoms with Gasteiger partial charge in [0.2, 0.25) is 0 Å². The molecular formula is C7H11Br2ClO2. The van der Waals surface area contributed by atoms with Gasteiger partial charge in [0, 0.05) is 9.65 Å². The van der Waals surface area contributed by atoms with E-state index in [9.17, 15) is 4.79 Å². The third-order valence-electron chi connectivity index (χ3n) is 2.04. The highest BCUT2D eigenvalue weighted by Crippen LogP contribution is 2.33. The van der Waals surface area contributed by atoms with Crippen molar-refractivity contribution in [3.8, 4) is 0 Å². The van der Waals surface area contributed by atoms with E-state index in [1.807, 2.05) is 0 Å². The van der Waals surface area contributed by atoms with E-state index in [1.165, 1.54) is 0 Å². The molecule has 3 atom stereocenters. The summed E-state index contributed by atoms with van der Waals surface area (Å²) in [6.45, 7) is 0. The number of carboxylic acids is 1. The molecule has 0 bridgehead atoms. The Kier molecular flexibility index (Phi) is 5.78. The first-order valence-electron chi connectivity index (χ1n) is 3.62. The zero-order valence-corrected chi connectivity index (χ0v) is 10.4. The number of carboxylic acid groups (broad SMARTS) is 1. The van der Waals surface area contributed by atoms with Gasteiger partial charge in [0.25, 0.3) is 0 Å². The van der Waals surface area contributed by atoms with Crippen LogP contribution in [-0.2, 0) is 4.79 Å². The highest BCUT2D eigenvalue weighted by Gasteiger charge is 2.30. The molecule has 2 nitrogen and oxygen atoms in total. The molecule has 1 saturated carbocycles. The molecular weight excluding hydrogens is 311 g/mol. The van der Waals surface area contributed by atoms with E-state index < -0.39 is 5.97 Å². The fraction of sp³-hybridized carbons (Fsp3) is 0.857. The molecule has 0 amide bonds. The number of alkyl halides is 2. The number of hydrogen-bond acceptors (Lipinski definition) is 1. The van der Waals surface area contributed by atoms with E-state index in [2.05, 4.69) is 31.9 Å². The van der Waals surface area contributed by atoms with Gasteiger partial charge in [0.1, 0.15) is 0 Å². The first-order chi connectivity index (χ1) is 5.11. The lowest BCUT2D eigenvalue weighted by Crippen LogP contribution is -2.29. The quantitative estimate of drug-likeness (QED) is 0.754. The number of aliphatic carboxylic acids is 1. The summed E-state index contributed by atoms with van der Waals surface area (Å²) in [4.78, 5) is 11.3. The second kappa shape index (κ2) is 5.45. The van der Waals surface area contributed by atoms with Crippen molar-refractivity contribution in [3.05, 3.63) is 0 Å². The van der Waals surface area contributed by atoms with Crippen LogP contribution in [0.25, 0.3) is 0 Å². The summed E-state index contributed by atoms with van der Waals surface area (Å²) in [5.74, 6) is -0.804. The van der Waals surface area contributed by atoms with Gasteiger partial charge >= 0.3 is 5.97 Å². The molecule has 0 aliphatic heterocycles. The Bertz CT molecular complexity index is 165. The second-order valence-corrected chi connectivity index (χ2v) is 5.23. The fourth-order valence-corrected chi connectivity index (χ4v) is 2.50. The highest BCUT2D eigenvalue weighted by molar-refractivity contribution is 9.12. The molecule has 72 valence electrons. The minimum Gasteiger partial charge on any atom is -0.481 e. The van der Waals surface area contributed by atoms with Gasteiger partial charge in [-0.25, -0.2) is 0 Å². The van der Waals surface area contributed by atoms with E-state index in [1.54, 1.807) is 0 Å². The van der Waals surface area contributed by atoms with Gasteiger partial charge in [-0.05, 0) is 19.3 Å². The lowest BCUT2D eigenvalue weighted by atomic mass is 9.89. The zero-order valence-electron chi connectivity index (χ0n) is 6.37. The van der Waals surface area contributed by atoms with Crippen molar-refractivity contribution < 1.29 is 9.90 Å². The van der Waals surface area contributed by atoms with Gasteiger partial charge in [-0.3, -0.25) is 4.79 Å². The maximum Gasteiger partial charge on any atom is 0.306 e. The molecule has 1 fully saturated rings. The van der Waals surface area contributed by atoms with Crippen molar-refractivity contribution in [1.29, 1.82) is 0 Å². The van der Waals surface area contributed by atoms with Crippen molar-refractivity contribution >= 4 is 50.2 Å². The van der Waals surface area contributed by atoms with Crippen LogP contribution >= 0.6 is 44.3 Å². The monoisotopic (exact) mass is 320 g/mol. The van der Waals surface area contributed by atoms with Crippen molar-refractivity contribution in [1.82, 2.24) is 0 Å². The van der Waals surface area contributed by atoms with Gasteiger partial charge < -0.3 is 5.11 Å². The summed E-state index contributed by atoms with van der Waals surface area (Å²) in [6, 6.07) is 0. The predicted molar refractivity (Wildman–Crippen MR) is 57.7 cm³/mol. The fourth-order valence-electron chi connectivity index (χ4n) is 1.30. The van der Waals surface area contributed by atoms with Crippen LogP contribution in [0.15, 0.2) is 0 Å². The Balaban J connectivity index is 0.00000121. The topological polar surface area (TPSA) is 37.3 Å². The third-order valence-corrected chi connectivity index (χ3v) is 4.86. The molecule has 0 aromatic carbocycles. The Morgan fingerprint density at radius 3 is 2.25 bits per heavy atom. The molecule has 0 radical (unpaired) electrons. The van der Waals surface area contributed by atoms with E-state index in [0.29, 0.717) is 9.65 Å². The Morgan fingerprint density at radius 1 is 1.25 bits per heavy atom. The number of rotatable bonds is 1. The number of halogens is 3. The van der Waals surface area contributed by atoms with Crippen LogP contribution < -0.4 is 0 Å². The molecule has 12 heavy (non-hydrogen) atoms. The molecule has 1 rings (SSSR count). The maximum atomic E-state index is 10.6. The van der Waals surface area contributed by atoms with Gasteiger partial charge in [0.05, 0.1) is 5.92 Å².